The van der Waals surface area contributed by atoms with E-state index in [9.17, 15) is 14.4 Å². The van der Waals surface area contributed by atoms with E-state index in [4.69, 9.17) is 0 Å². The summed E-state index contributed by atoms with van der Waals surface area (Å²) in [7, 11) is 3.87. The van der Waals surface area contributed by atoms with Crippen molar-refractivity contribution in [2.24, 2.45) is 0 Å². The zero-order valence-corrected chi connectivity index (χ0v) is 17.4. The summed E-state index contributed by atoms with van der Waals surface area (Å²) in [4.78, 5) is 42.1. The van der Waals surface area contributed by atoms with Gasteiger partial charge in [0.05, 0.1) is 0 Å². The topological polar surface area (TPSA) is 81.8 Å². The minimum absolute atomic E-state index is 0.356. The van der Waals surface area contributed by atoms with Crippen LogP contribution in [0, 0.1) is 0 Å². The molecule has 4 rings (SSSR count). The second-order valence-electron chi connectivity index (χ2n) is 8.13. The quantitative estimate of drug-likeness (QED) is 0.765. The molecular weight excluding hydrogens is 380 g/mol. The van der Waals surface area contributed by atoms with Gasteiger partial charge in [0.2, 0.25) is 5.91 Å². The molecule has 7 nitrogen and oxygen atoms in total. The fourth-order valence-electron chi connectivity index (χ4n) is 4.34. The second kappa shape index (κ2) is 7.48. The molecule has 2 N–H and O–H groups in total. The van der Waals surface area contributed by atoms with Crippen LogP contribution in [0.25, 0.3) is 0 Å². The Morgan fingerprint density at radius 3 is 2.53 bits per heavy atom. The number of anilines is 2. The molecule has 2 aromatic carbocycles. The van der Waals surface area contributed by atoms with Crippen molar-refractivity contribution >= 4 is 29.2 Å². The Morgan fingerprint density at radius 2 is 1.83 bits per heavy atom. The van der Waals surface area contributed by atoms with Crippen molar-refractivity contribution in [3.05, 3.63) is 59.7 Å². The van der Waals surface area contributed by atoms with Gasteiger partial charge >= 0.3 is 6.03 Å². The molecule has 30 heavy (non-hydrogen) atoms. The van der Waals surface area contributed by atoms with Crippen LogP contribution in [0.15, 0.2) is 48.5 Å². The van der Waals surface area contributed by atoms with E-state index in [1.54, 1.807) is 19.1 Å². The number of rotatable bonds is 4. The van der Waals surface area contributed by atoms with Crippen molar-refractivity contribution < 1.29 is 14.4 Å². The summed E-state index contributed by atoms with van der Waals surface area (Å²) >= 11 is 0. The van der Waals surface area contributed by atoms with E-state index in [0.29, 0.717) is 12.1 Å². The highest BCUT2D eigenvalue weighted by molar-refractivity contribution is 6.11. The Morgan fingerprint density at radius 1 is 1.13 bits per heavy atom. The molecule has 4 amide bonds. The lowest BCUT2D eigenvalue weighted by molar-refractivity contribution is -0.137. The standard InChI is InChI=1S/C23H26N4O3/c1-15(20(28)24-17-10-12-18(13-11-17)26(2)3)27-21(29)23(25-22(27)30)14-6-8-16-7-4-5-9-19(16)23/h4-5,7,9-13,15H,6,8,14H2,1-3H3,(H,24,28)(H,25,30)/t15-,23-/m0/s1. The first-order valence-corrected chi connectivity index (χ1v) is 10.2. The molecule has 0 bridgehead atoms. The van der Waals surface area contributed by atoms with Gasteiger partial charge in [-0.3, -0.25) is 9.59 Å². The van der Waals surface area contributed by atoms with E-state index in [1.807, 2.05) is 55.4 Å². The number of nitrogens with zero attached hydrogens (tertiary/aromatic N) is 2. The van der Waals surface area contributed by atoms with Crippen LogP contribution >= 0.6 is 0 Å². The Balaban J connectivity index is 1.55. The van der Waals surface area contributed by atoms with Crippen molar-refractivity contribution in [1.29, 1.82) is 0 Å². The summed E-state index contributed by atoms with van der Waals surface area (Å²) in [5, 5.41) is 5.70. The van der Waals surface area contributed by atoms with Crippen molar-refractivity contribution in [3.63, 3.8) is 0 Å². The Kier molecular flexibility index (Phi) is 4.97. The average Bonchev–Trinajstić information content (AvgIpc) is 2.98. The number of urea groups is 1. The maximum Gasteiger partial charge on any atom is 0.326 e. The Bertz CT molecular complexity index is 1000. The monoisotopic (exact) mass is 406 g/mol. The molecule has 7 heteroatoms. The number of hydrogen-bond acceptors (Lipinski definition) is 4. The van der Waals surface area contributed by atoms with Gasteiger partial charge in [-0.2, -0.15) is 0 Å². The molecule has 0 aromatic heterocycles. The van der Waals surface area contributed by atoms with E-state index < -0.39 is 23.5 Å². The van der Waals surface area contributed by atoms with Crippen molar-refractivity contribution in [2.45, 2.75) is 37.8 Å². The van der Waals surface area contributed by atoms with Gasteiger partial charge in [-0.15, -0.1) is 0 Å². The van der Waals surface area contributed by atoms with Crippen LogP contribution in [0.4, 0.5) is 16.2 Å². The van der Waals surface area contributed by atoms with E-state index in [-0.39, 0.29) is 5.91 Å². The zero-order chi connectivity index (χ0) is 21.5. The SMILES string of the molecule is C[C@@H](C(=O)Nc1ccc(N(C)C)cc1)N1C(=O)N[C@]2(CCCc3ccccc32)C1=O. The second-order valence-corrected chi connectivity index (χ2v) is 8.13. The van der Waals surface area contributed by atoms with Crippen LogP contribution in [-0.4, -0.2) is 42.9 Å². The Labute approximate surface area is 176 Å². The molecule has 0 unspecified atom stereocenters. The van der Waals surface area contributed by atoms with Crippen molar-refractivity contribution in [3.8, 4) is 0 Å². The molecule has 1 heterocycles. The first-order chi connectivity index (χ1) is 14.3. The fourth-order valence-corrected chi connectivity index (χ4v) is 4.34. The van der Waals surface area contributed by atoms with Gasteiger partial charge in [0.15, 0.2) is 0 Å². The lowest BCUT2D eigenvalue weighted by Crippen LogP contribution is -2.49. The number of imide groups is 1. The van der Waals surface area contributed by atoms with Gasteiger partial charge in [-0.05, 0) is 61.6 Å². The third kappa shape index (κ3) is 3.20. The van der Waals surface area contributed by atoms with Crippen molar-refractivity contribution in [1.82, 2.24) is 10.2 Å². The summed E-state index contributed by atoms with van der Waals surface area (Å²) in [5.41, 5.74) is 2.45. The van der Waals surface area contributed by atoms with Gasteiger partial charge in [0.1, 0.15) is 11.6 Å². The van der Waals surface area contributed by atoms with Gasteiger partial charge in [-0.25, -0.2) is 9.69 Å². The molecule has 1 aliphatic carbocycles. The number of aryl methyl sites for hydroxylation is 1. The smallest absolute Gasteiger partial charge is 0.326 e. The lowest BCUT2D eigenvalue weighted by Gasteiger charge is -2.33. The van der Waals surface area contributed by atoms with Gasteiger partial charge in [-0.1, -0.05) is 24.3 Å². The average molecular weight is 406 g/mol. The minimum atomic E-state index is -1.08. The molecule has 2 atom stereocenters. The number of carbonyl (C=O) groups is 3. The molecule has 2 aromatic rings. The molecule has 0 saturated carbocycles. The van der Waals surface area contributed by atoms with Gasteiger partial charge in [0.25, 0.3) is 5.91 Å². The number of fused-ring (bicyclic) bond motifs is 2. The molecule has 1 fully saturated rings. The normalized spacial score (nSPS) is 21.2. The van der Waals surface area contributed by atoms with Crippen LogP contribution < -0.4 is 15.5 Å². The van der Waals surface area contributed by atoms with Crippen molar-refractivity contribution in [2.75, 3.05) is 24.3 Å². The predicted molar refractivity (Wildman–Crippen MR) is 115 cm³/mol. The first kappa shape index (κ1) is 19.9. The van der Waals surface area contributed by atoms with E-state index in [1.165, 1.54) is 0 Å². The molecule has 1 aliphatic heterocycles. The molecule has 156 valence electrons. The molecule has 2 aliphatic rings. The number of carbonyl (C=O) groups excluding carboxylic acids is 3. The highest BCUT2D eigenvalue weighted by atomic mass is 16.2. The van der Waals surface area contributed by atoms with Gasteiger partial charge in [0, 0.05) is 25.5 Å². The summed E-state index contributed by atoms with van der Waals surface area (Å²) in [5.74, 6) is -0.762. The van der Waals surface area contributed by atoms with Crippen LogP contribution in [0.2, 0.25) is 0 Å². The Hall–Kier alpha value is -3.35. The lowest BCUT2D eigenvalue weighted by atomic mass is 9.76. The third-order valence-corrected chi connectivity index (χ3v) is 6.02. The minimum Gasteiger partial charge on any atom is -0.378 e. The molecular formula is C23H26N4O3. The van der Waals surface area contributed by atoms with E-state index in [0.717, 1.165) is 34.6 Å². The van der Waals surface area contributed by atoms with E-state index >= 15 is 0 Å². The third-order valence-electron chi connectivity index (χ3n) is 6.02. The van der Waals surface area contributed by atoms with Gasteiger partial charge < -0.3 is 15.5 Å². The number of benzene rings is 2. The highest BCUT2D eigenvalue weighted by Gasteiger charge is 2.55. The number of hydrogen-bond donors (Lipinski definition) is 2. The summed E-state index contributed by atoms with van der Waals surface area (Å²) < 4.78 is 0. The van der Waals surface area contributed by atoms with Crippen LogP contribution in [-0.2, 0) is 21.5 Å². The van der Waals surface area contributed by atoms with E-state index in [2.05, 4.69) is 10.6 Å². The highest BCUT2D eigenvalue weighted by Crippen LogP contribution is 2.40. The number of amides is 4. The zero-order valence-electron chi connectivity index (χ0n) is 17.4. The molecule has 1 saturated heterocycles. The number of nitrogens with one attached hydrogen (secondary N) is 2. The summed E-state index contributed by atoms with van der Waals surface area (Å²) in [6.45, 7) is 1.58. The van der Waals surface area contributed by atoms with Crippen LogP contribution in [0.3, 0.4) is 0 Å². The summed E-state index contributed by atoms with van der Waals surface area (Å²) in [6.07, 6.45) is 2.21. The molecule has 0 radical (unpaired) electrons. The maximum atomic E-state index is 13.4. The predicted octanol–water partition coefficient (Wildman–Crippen LogP) is 2.86. The first-order valence-electron chi connectivity index (χ1n) is 10.2. The van der Waals surface area contributed by atoms with Crippen LogP contribution in [0.5, 0.6) is 0 Å². The molecule has 1 spiro atoms. The van der Waals surface area contributed by atoms with Crippen LogP contribution in [0.1, 0.15) is 30.9 Å². The largest absolute Gasteiger partial charge is 0.378 e. The summed E-state index contributed by atoms with van der Waals surface area (Å²) in [6, 6.07) is 13.6. The maximum absolute atomic E-state index is 13.4. The fraction of sp³-hybridized carbons (Fsp3) is 0.348.